The molecular weight excluding hydrogens is 357 g/mol. The van der Waals surface area contributed by atoms with Gasteiger partial charge in [0, 0.05) is 5.69 Å². The average Bonchev–Trinajstić information content (AvgIpc) is 2.55. The van der Waals surface area contributed by atoms with Crippen LogP contribution in [0.3, 0.4) is 0 Å². The van der Waals surface area contributed by atoms with E-state index in [2.05, 4.69) is 26.1 Å². The van der Waals surface area contributed by atoms with Crippen molar-refractivity contribution in [2.45, 2.75) is 45.6 Å². The van der Waals surface area contributed by atoms with Crippen molar-refractivity contribution in [1.82, 2.24) is 0 Å². The van der Waals surface area contributed by atoms with E-state index in [0.717, 1.165) is 0 Å². The lowest BCUT2D eigenvalue weighted by Gasteiger charge is -2.21. The summed E-state index contributed by atoms with van der Waals surface area (Å²) in [5.41, 5.74) is 1.88. The highest BCUT2D eigenvalue weighted by molar-refractivity contribution is 6.42. The molecule has 0 aromatic heterocycles. The van der Waals surface area contributed by atoms with Crippen LogP contribution < -0.4 is 10.1 Å². The van der Waals surface area contributed by atoms with Crippen molar-refractivity contribution in [2.75, 3.05) is 5.32 Å². The Balaban J connectivity index is 2.05. The van der Waals surface area contributed by atoms with E-state index in [1.165, 1.54) is 5.56 Å². The van der Waals surface area contributed by atoms with E-state index in [1.54, 1.807) is 18.2 Å². The van der Waals surface area contributed by atoms with E-state index >= 15 is 0 Å². The number of hydrogen-bond donors (Lipinski definition) is 1. The molecule has 0 bridgehead atoms. The van der Waals surface area contributed by atoms with Gasteiger partial charge in [0.05, 0.1) is 10.0 Å². The maximum Gasteiger partial charge on any atom is 0.265 e. The van der Waals surface area contributed by atoms with Crippen LogP contribution in [0.15, 0.2) is 42.5 Å². The minimum Gasteiger partial charge on any atom is -0.481 e. The van der Waals surface area contributed by atoms with Gasteiger partial charge in [0.2, 0.25) is 0 Å². The molecule has 0 radical (unpaired) electrons. The van der Waals surface area contributed by atoms with Crippen molar-refractivity contribution in [3.8, 4) is 5.75 Å². The quantitative estimate of drug-likeness (QED) is 0.682. The number of ether oxygens (including phenoxy) is 1. The molecular formula is C20H23Cl2NO2. The molecule has 25 heavy (non-hydrogen) atoms. The molecule has 0 aliphatic carbocycles. The smallest absolute Gasteiger partial charge is 0.265 e. The van der Waals surface area contributed by atoms with Crippen LogP contribution in [0.5, 0.6) is 5.75 Å². The minimum absolute atomic E-state index is 0.0773. The Morgan fingerprint density at radius 3 is 2.24 bits per heavy atom. The Morgan fingerprint density at radius 2 is 1.72 bits per heavy atom. The Bertz CT molecular complexity index is 736. The summed E-state index contributed by atoms with van der Waals surface area (Å²) < 4.78 is 5.85. The fourth-order valence-corrected chi connectivity index (χ4v) is 2.61. The van der Waals surface area contributed by atoms with Crippen molar-refractivity contribution in [1.29, 1.82) is 0 Å². The lowest BCUT2D eigenvalue weighted by Crippen LogP contribution is -2.32. The van der Waals surface area contributed by atoms with Crippen molar-refractivity contribution in [3.63, 3.8) is 0 Å². The SMILES string of the molecule is CC[C@@H](Oc1ccc(C(C)(C)C)cc1)C(=O)Nc1ccc(Cl)c(Cl)c1. The zero-order valence-corrected chi connectivity index (χ0v) is 16.4. The number of carbonyl (C=O) groups is 1. The monoisotopic (exact) mass is 379 g/mol. The van der Waals surface area contributed by atoms with Crippen molar-refractivity contribution in [2.24, 2.45) is 0 Å². The first kappa shape index (κ1) is 19.6. The summed E-state index contributed by atoms with van der Waals surface area (Å²) in [6.07, 6.45) is -0.0382. The van der Waals surface area contributed by atoms with E-state index in [0.29, 0.717) is 27.9 Å². The fraction of sp³-hybridized carbons (Fsp3) is 0.350. The summed E-state index contributed by atoms with van der Waals surface area (Å²) in [7, 11) is 0. The maximum atomic E-state index is 12.5. The molecule has 3 nitrogen and oxygen atoms in total. The highest BCUT2D eigenvalue weighted by atomic mass is 35.5. The summed E-state index contributed by atoms with van der Waals surface area (Å²) in [5.74, 6) is 0.449. The first-order valence-corrected chi connectivity index (χ1v) is 8.99. The van der Waals surface area contributed by atoms with Crippen LogP contribution in [0.25, 0.3) is 0 Å². The lowest BCUT2D eigenvalue weighted by atomic mass is 9.87. The number of rotatable bonds is 5. The standard InChI is InChI=1S/C20H23Cl2NO2/c1-5-18(19(24)23-14-8-11-16(21)17(22)12-14)25-15-9-6-13(7-10-15)20(2,3)4/h6-12,18H,5H2,1-4H3,(H,23,24)/t18-/m1/s1. The third kappa shape index (κ3) is 5.38. The molecule has 134 valence electrons. The first-order chi connectivity index (χ1) is 11.7. The molecule has 1 N–H and O–H groups in total. The normalized spacial score (nSPS) is 12.6. The first-order valence-electron chi connectivity index (χ1n) is 8.24. The van der Waals surface area contributed by atoms with Crippen LogP contribution in [0.1, 0.15) is 39.7 Å². The Morgan fingerprint density at radius 1 is 1.08 bits per heavy atom. The molecule has 0 aliphatic rings. The molecule has 2 aromatic rings. The summed E-state index contributed by atoms with van der Waals surface area (Å²) in [5, 5.41) is 3.65. The van der Waals surface area contributed by atoms with E-state index in [1.807, 2.05) is 31.2 Å². The van der Waals surface area contributed by atoms with E-state index in [4.69, 9.17) is 27.9 Å². The van der Waals surface area contributed by atoms with E-state index in [-0.39, 0.29) is 11.3 Å². The number of hydrogen-bond acceptors (Lipinski definition) is 2. The Hall–Kier alpha value is -1.71. The molecule has 0 unspecified atom stereocenters. The average molecular weight is 380 g/mol. The zero-order chi connectivity index (χ0) is 18.6. The van der Waals surface area contributed by atoms with Gasteiger partial charge >= 0.3 is 0 Å². The number of anilines is 1. The van der Waals surface area contributed by atoms with Gasteiger partial charge in [-0.2, -0.15) is 0 Å². The largest absolute Gasteiger partial charge is 0.481 e. The second-order valence-electron chi connectivity index (χ2n) is 6.91. The minimum atomic E-state index is -0.588. The van der Waals surface area contributed by atoms with Gasteiger partial charge in [-0.15, -0.1) is 0 Å². The van der Waals surface area contributed by atoms with Crippen LogP contribution in [0, 0.1) is 0 Å². The maximum absolute atomic E-state index is 12.5. The Labute approximate surface area is 159 Å². The number of benzene rings is 2. The van der Waals surface area contributed by atoms with Crippen LogP contribution >= 0.6 is 23.2 Å². The lowest BCUT2D eigenvalue weighted by molar-refractivity contribution is -0.122. The van der Waals surface area contributed by atoms with Gasteiger partial charge < -0.3 is 10.1 Å². The summed E-state index contributed by atoms with van der Waals surface area (Å²) in [6.45, 7) is 8.37. The number of nitrogens with one attached hydrogen (secondary N) is 1. The number of carbonyl (C=O) groups excluding carboxylic acids is 1. The van der Waals surface area contributed by atoms with Crippen molar-refractivity contribution >= 4 is 34.8 Å². The van der Waals surface area contributed by atoms with Gasteiger partial charge in [0.1, 0.15) is 5.75 Å². The molecule has 2 rings (SSSR count). The van der Waals surface area contributed by atoms with Crippen molar-refractivity contribution < 1.29 is 9.53 Å². The third-order valence-electron chi connectivity index (χ3n) is 3.85. The fourth-order valence-electron chi connectivity index (χ4n) is 2.32. The van der Waals surface area contributed by atoms with Gasteiger partial charge in [-0.25, -0.2) is 0 Å². The molecule has 2 aromatic carbocycles. The molecule has 0 saturated carbocycles. The second-order valence-corrected chi connectivity index (χ2v) is 7.72. The summed E-state index contributed by atoms with van der Waals surface area (Å²) >= 11 is 11.9. The topological polar surface area (TPSA) is 38.3 Å². The number of amides is 1. The predicted octanol–water partition coefficient (Wildman–Crippen LogP) is 6.09. The molecule has 0 aliphatic heterocycles. The van der Waals surface area contributed by atoms with Crippen molar-refractivity contribution in [3.05, 3.63) is 58.1 Å². The van der Waals surface area contributed by atoms with Crippen LogP contribution in [-0.2, 0) is 10.2 Å². The van der Waals surface area contributed by atoms with Gasteiger partial charge in [-0.3, -0.25) is 4.79 Å². The van der Waals surface area contributed by atoms with Crippen LogP contribution in [0.2, 0.25) is 10.0 Å². The molecule has 1 amide bonds. The highest BCUT2D eigenvalue weighted by Crippen LogP contribution is 2.26. The van der Waals surface area contributed by atoms with Gasteiger partial charge in [0.25, 0.3) is 5.91 Å². The van der Waals surface area contributed by atoms with Crippen LogP contribution in [0.4, 0.5) is 5.69 Å². The molecule has 0 fully saturated rings. The van der Waals surface area contributed by atoms with E-state index < -0.39 is 6.10 Å². The van der Waals surface area contributed by atoms with Gasteiger partial charge in [0.15, 0.2) is 6.10 Å². The molecule has 0 heterocycles. The summed E-state index contributed by atoms with van der Waals surface area (Å²) in [6, 6.07) is 12.8. The molecule has 0 saturated heterocycles. The third-order valence-corrected chi connectivity index (χ3v) is 4.59. The highest BCUT2D eigenvalue weighted by Gasteiger charge is 2.19. The molecule has 5 heteroatoms. The molecule has 1 atom stereocenters. The second kappa shape index (κ2) is 8.11. The molecule has 0 spiro atoms. The van der Waals surface area contributed by atoms with Gasteiger partial charge in [-0.1, -0.05) is 63.0 Å². The predicted molar refractivity (Wildman–Crippen MR) is 105 cm³/mol. The zero-order valence-electron chi connectivity index (χ0n) is 14.9. The van der Waals surface area contributed by atoms with Crippen LogP contribution in [-0.4, -0.2) is 12.0 Å². The Kier molecular flexibility index (Phi) is 6.36. The van der Waals surface area contributed by atoms with E-state index in [9.17, 15) is 4.79 Å². The van der Waals surface area contributed by atoms with Gasteiger partial charge in [-0.05, 0) is 47.7 Å². The number of halogens is 2. The summed E-state index contributed by atoms with van der Waals surface area (Å²) in [4.78, 5) is 12.5.